The Hall–Kier alpha value is -2.67. The SMILES string of the molecule is CCOC(=O)CCCC(ON)=C(Cn1ccnc1)c1cccnc1. The standard InChI is InChI=1S/C17H22N4O3/c1-2-23-17(22)7-3-6-16(24-18)15(12-21-10-9-20-13-21)14-5-4-8-19-11-14/h4-5,8-11,13H,2-3,6-7,12,18H2,1H3. The molecule has 7 nitrogen and oxygen atoms in total. The van der Waals surface area contributed by atoms with Crippen LogP contribution in [0.1, 0.15) is 31.7 Å². The quantitative estimate of drug-likeness (QED) is 0.431. The lowest BCUT2D eigenvalue weighted by Crippen LogP contribution is -2.09. The smallest absolute Gasteiger partial charge is 0.305 e. The molecule has 0 radical (unpaired) electrons. The van der Waals surface area contributed by atoms with Gasteiger partial charge in [0.2, 0.25) is 0 Å². The van der Waals surface area contributed by atoms with E-state index in [2.05, 4.69) is 9.97 Å². The number of imidazole rings is 1. The summed E-state index contributed by atoms with van der Waals surface area (Å²) in [7, 11) is 0. The van der Waals surface area contributed by atoms with Crippen molar-refractivity contribution in [2.45, 2.75) is 32.7 Å². The van der Waals surface area contributed by atoms with E-state index in [9.17, 15) is 4.79 Å². The molecule has 2 aromatic heterocycles. The Morgan fingerprint density at radius 3 is 2.79 bits per heavy atom. The molecule has 2 rings (SSSR count). The molecule has 0 aliphatic rings. The maximum atomic E-state index is 11.5. The topological polar surface area (TPSA) is 92.3 Å². The van der Waals surface area contributed by atoms with E-state index < -0.39 is 0 Å². The number of esters is 1. The number of carbonyl (C=O) groups is 1. The molecule has 0 aliphatic carbocycles. The number of aromatic nitrogens is 3. The largest absolute Gasteiger partial charge is 0.466 e. The molecule has 0 amide bonds. The van der Waals surface area contributed by atoms with Crippen LogP contribution in [0.4, 0.5) is 0 Å². The number of rotatable bonds is 9. The van der Waals surface area contributed by atoms with Crippen LogP contribution in [0, 0.1) is 0 Å². The highest BCUT2D eigenvalue weighted by atomic mass is 16.6. The Morgan fingerprint density at radius 2 is 2.17 bits per heavy atom. The van der Waals surface area contributed by atoms with E-state index in [0.29, 0.717) is 38.2 Å². The Morgan fingerprint density at radius 1 is 1.29 bits per heavy atom. The third-order valence-corrected chi connectivity index (χ3v) is 3.48. The number of pyridine rings is 1. The molecule has 2 heterocycles. The van der Waals surface area contributed by atoms with Crippen molar-refractivity contribution < 1.29 is 14.4 Å². The van der Waals surface area contributed by atoms with Crippen LogP contribution >= 0.6 is 0 Å². The number of ether oxygens (including phenoxy) is 1. The normalized spacial score (nSPS) is 11.8. The average molecular weight is 330 g/mol. The van der Waals surface area contributed by atoms with Crippen LogP contribution in [-0.2, 0) is 20.9 Å². The second-order valence-corrected chi connectivity index (χ2v) is 5.15. The number of allylic oxidation sites excluding steroid dienone is 2. The molecule has 0 spiro atoms. The molecule has 0 saturated carbocycles. The van der Waals surface area contributed by atoms with E-state index in [1.54, 1.807) is 31.8 Å². The van der Waals surface area contributed by atoms with E-state index in [-0.39, 0.29) is 5.97 Å². The van der Waals surface area contributed by atoms with Gasteiger partial charge in [-0.1, -0.05) is 6.07 Å². The zero-order valence-electron chi connectivity index (χ0n) is 13.7. The zero-order valence-corrected chi connectivity index (χ0v) is 13.7. The van der Waals surface area contributed by atoms with Crippen LogP contribution in [0.5, 0.6) is 0 Å². The molecular weight excluding hydrogens is 308 g/mol. The Labute approximate surface area is 141 Å². The van der Waals surface area contributed by atoms with Crippen LogP contribution < -0.4 is 5.90 Å². The van der Waals surface area contributed by atoms with Crippen molar-refractivity contribution >= 4 is 11.5 Å². The van der Waals surface area contributed by atoms with Gasteiger partial charge in [0, 0.05) is 48.8 Å². The highest BCUT2D eigenvalue weighted by Gasteiger charge is 2.13. The lowest BCUT2D eigenvalue weighted by atomic mass is 10.0. The first-order valence-corrected chi connectivity index (χ1v) is 7.85. The van der Waals surface area contributed by atoms with Crippen molar-refractivity contribution in [3.63, 3.8) is 0 Å². The first kappa shape index (κ1) is 17.7. The molecule has 24 heavy (non-hydrogen) atoms. The van der Waals surface area contributed by atoms with E-state index in [1.165, 1.54) is 0 Å². The van der Waals surface area contributed by atoms with Crippen LogP contribution in [0.15, 0.2) is 49.0 Å². The lowest BCUT2D eigenvalue weighted by Gasteiger charge is -2.14. The second kappa shape index (κ2) is 9.46. The Balaban J connectivity index is 2.17. The number of nitrogens with two attached hydrogens (primary N) is 1. The molecule has 0 atom stereocenters. The minimum absolute atomic E-state index is 0.216. The number of nitrogens with zero attached hydrogens (tertiary/aromatic N) is 3. The predicted octanol–water partition coefficient (Wildman–Crippen LogP) is 2.31. The third-order valence-electron chi connectivity index (χ3n) is 3.48. The number of hydrogen-bond acceptors (Lipinski definition) is 6. The summed E-state index contributed by atoms with van der Waals surface area (Å²) in [5.74, 6) is 5.91. The molecule has 0 unspecified atom stereocenters. The fraction of sp³-hybridized carbons (Fsp3) is 0.353. The summed E-state index contributed by atoms with van der Waals surface area (Å²) < 4.78 is 6.86. The van der Waals surface area contributed by atoms with Gasteiger partial charge in [-0.05, 0) is 19.4 Å². The van der Waals surface area contributed by atoms with Crippen LogP contribution in [0.2, 0.25) is 0 Å². The van der Waals surface area contributed by atoms with Crippen molar-refractivity contribution in [3.05, 3.63) is 54.6 Å². The van der Waals surface area contributed by atoms with Gasteiger partial charge in [0.05, 0.1) is 19.5 Å². The molecule has 0 fully saturated rings. The minimum Gasteiger partial charge on any atom is -0.466 e. The highest BCUT2D eigenvalue weighted by molar-refractivity contribution is 5.69. The van der Waals surface area contributed by atoms with Crippen molar-refractivity contribution in [2.75, 3.05) is 6.61 Å². The van der Waals surface area contributed by atoms with Gasteiger partial charge in [-0.3, -0.25) is 9.78 Å². The molecule has 7 heteroatoms. The van der Waals surface area contributed by atoms with Crippen LogP contribution in [-0.4, -0.2) is 27.1 Å². The molecule has 0 aliphatic heterocycles. The van der Waals surface area contributed by atoms with Gasteiger partial charge in [0.25, 0.3) is 0 Å². The fourth-order valence-electron chi connectivity index (χ4n) is 2.35. The summed E-state index contributed by atoms with van der Waals surface area (Å²) in [5, 5.41) is 0. The Kier molecular flexibility index (Phi) is 6.97. The summed E-state index contributed by atoms with van der Waals surface area (Å²) in [4.78, 5) is 24.8. The summed E-state index contributed by atoms with van der Waals surface area (Å²) in [6.07, 6.45) is 10.2. The van der Waals surface area contributed by atoms with E-state index >= 15 is 0 Å². The summed E-state index contributed by atoms with van der Waals surface area (Å²) >= 11 is 0. The number of carbonyl (C=O) groups excluding carboxylic acids is 1. The van der Waals surface area contributed by atoms with Gasteiger partial charge in [0.15, 0.2) is 0 Å². The van der Waals surface area contributed by atoms with Crippen molar-refractivity contribution in [3.8, 4) is 0 Å². The molecule has 128 valence electrons. The maximum absolute atomic E-state index is 11.5. The summed E-state index contributed by atoms with van der Waals surface area (Å²) in [6, 6.07) is 3.81. The van der Waals surface area contributed by atoms with Crippen molar-refractivity contribution in [2.24, 2.45) is 5.90 Å². The summed E-state index contributed by atoms with van der Waals surface area (Å²) in [5.41, 5.74) is 1.83. The molecule has 0 aromatic carbocycles. The lowest BCUT2D eigenvalue weighted by molar-refractivity contribution is -0.143. The van der Waals surface area contributed by atoms with Gasteiger partial charge < -0.3 is 14.1 Å². The van der Waals surface area contributed by atoms with Crippen molar-refractivity contribution in [1.29, 1.82) is 0 Å². The van der Waals surface area contributed by atoms with Crippen LogP contribution in [0.3, 0.4) is 0 Å². The minimum atomic E-state index is -0.216. The third kappa shape index (κ3) is 5.20. The summed E-state index contributed by atoms with van der Waals surface area (Å²) in [6.45, 7) is 2.73. The molecule has 0 bridgehead atoms. The van der Waals surface area contributed by atoms with E-state index in [4.69, 9.17) is 15.5 Å². The molecule has 2 aromatic rings. The molecule has 2 N–H and O–H groups in total. The first-order chi connectivity index (χ1) is 11.7. The van der Waals surface area contributed by atoms with Gasteiger partial charge in [0.1, 0.15) is 5.76 Å². The molecular formula is C17H22N4O3. The predicted molar refractivity (Wildman–Crippen MR) is 89.1 cm³/mol. The first-order valence-electron chi connectivity index (χ1n) is 7.85. The fourth-order valence-corrected chi connectivity index (χ4v) is 2.35. The molecule has 0 saturated heterocycles. The van der Waals surface area contributed by atoms with E-state index in [0.717, 1.165) is 11.1 Å². The van der Waals surface area contributed by atoms with Crippen LogP contribution in [0.25, 0.3) is 5.57 Å². The highest BCUT2D eigenvalue weighted by Crippen LogP contribution is 2.24. The second-order valence-electron chi connectivity index (χ2n) is 5.15. The number of hydrogen-bond donors (Lipinski definition) is 1. The van der Waals surface area contributed by atoms with Crippen molar-refractivity contribution in [1.82, 2.24) is 14.5 Å². The van der Waals surface area contributed by atoms with Gasteiger partial charge >= 0.3 is 5.97 Å². The van der Waals surface area contributed by atoms with Gasteiger partial charge in [-0.2, -0.15) is 5.90 Å². The van der Waals surface area contributed by atoms with Gasteiger partial charge in [-0.25, -0.2) is 4.98 Å². The van der Waals surface area contributed by atoms with E-state index in [1.807, 2.05) is 22.9 Å². The van der Waals surface area contributed by atoms with Gasteiger partial charge in [-0.15, -0.1) is 0 Å². The Bertz CT molecular complexity index is 654. The monoisotopic (exact) mass is 330 g/mol. The zero-order chi connectivity index (χ0) is 17.2. The average Bonchev–Trinajstić information content (AvgIpc) is 3.11. The maximum Gasteiger partial charge on any atom is 0.305 e.